The molecule has 0 saturated carbocycles. The largest absolute Gasteiger partial charge is 0.462 e. The quantitative estimate of drug-likeness (QED) is 0.0261. The summed E-state index contributed by atoms with van der Waals surface area (Å²) in [7, 11) is 0. The second kappa shape index (κ2) is 68.3. The van der Waals surface area contributed by atoms with E-state index < -0.39 is 6.10 Å². The van der Waals surface area contributed by atoms with Gasteiger partial charge in [-0.15, -0.1) is 0 Å². The molecule has 462 valence electrons. The number of hydrogen-bond donors (Lipinski definition) is 0. The Hall–Kier alpha value is -4.19. The molecule has 0 amide bonds. The maximum absolute atomic E-state index is 12.9. The summed E-state index contributed by atoms with van der Waals surface area (Å²) in [5.74, 6) is -0.921. The molecule has 0 aromatic rings. The molecule has 0 saturated heterocycles. The van der Waals surface area contributed by atoms with E-state index in [4.69, 9.17) is 14.2 Å². The van der Waals surface area contributed by atoms with Crippen LogP contribution < -0.4 is 0 Å². The summed E-state index contributed by atoms with van der Waals surface area (Å²) in [6.07, 6.45) is 94.9. The number of carbonyl (C=O) groups excluding carboxylic acids is 3. The van der Waals surface area contributed by atoms with Crippen molar-refractivity contribution < 1.29 is 28.6 Å². The van der Waals surface area contributed by atoms with Gasteiger partial charge in [-0.1, -0.05) is 284 Å². The second-order valence-electron chi connectivity index (χ2n) is 22.3. The molecule has 0 aromatic heterocycles. The summed E-state index contributed by atoms with van der Waals surface area (Å²) >= 11 is 0. The first-order valence-electron chi connectivity index (χ1n) is 34.0. The number of rotatable bonds is 61. The first-order chi connectivity index (χ1) is 40.0. The summed E-state index contributed by atoms with van der Waals surface area (Å²) in [5, 5.41) is 0. The highest BCUT2D eigenvalue weighted by molar-refractivity contribution is 5.71. The second-order valence-corrected chi connectivity index (χ2v) is 22.3. The van der Waals surface area contributed by atoms with E-state index in [9.17, 15) is 14.4 Å². The van der Waals surface area contributed by atoms with Crippen molar-refractivity contribution in [1.29, 1.82) is 0 Å². The van der Waals surface area contributed by atoms with Gasteiger partial charge in [-0.3, -0.25) is 14.4 Å². The molecule has 0 heterocycles. The highest BCUT2D eigenvalue weighted by Crippen LogP contribution is 2.16. The average Bonchev–Trinajstić information content (AvgIpc) is 3.47. The summed E-state index contributed by atoms with van der Waals surface area (Å²) in [6, 6.07) is 0. The third-order valence-corrected chi connectivity index (χ3v) is 14.4. The fourth-order valence-electron chi connectivity index (χ4n) is 9.33. The minimum atomic E-state index is -0.800. The first kappa shape index (κ1) is 76.8. The Bertz CT molecular complexity index is 1670. The van der Waals surface area contributed by atoms with E-state index in [-0.39, 0.29) is 31.1 Å². The van der Waals surface area contributed by atoms with Crippen molar-refractivity contribution in [1.82, 2.24) is 0 Å². The molecular formula is C75H126O6. The van der Waals surface area contributed by atoms with Crippen molar-refractivity contribution >= 4 is 17.9 Å². The Labute approximate surface area is 501 Å². The van der Waals surface area contributed by atoms with E-state index in [2.05, 4.69) is 142 Å². The van der Waals surface area contributed by atoms with Crippen molar-refractivity contribution in [2.75, 3.05) is 13.2 Å². The third kappa shape index (κ3) is 66.5. The van der Waals surface area contributed by atoms with Crippen LogP contribution in [0.4, 0.5) is 0 Å². The van der Waals surface area contributed by atoms with E-state index >= 15 is 0 Å². The summed E-state index contributed by atoms with van der Waals surface area (Å²) < 4.78 is 16.9. The van der Waals surface area contributed by atoms with E-state index in [0.29, 0.717) is 19.3 Å². The highest BCUT2D eigenvalue weighted by atomic mass is 16.6. The van der Waals surface area contributed by atoms with Crippen molar-refractivity contribution in [3.05, 3.63) is 122 Å². The third-order valence-electron chi connectivity index (χ3n) is 14.4. The fraction of sp³-hybridized carbons (Fsp3) is 0.693. The van der Waals surface area contributed by atoms with E-state index in [1.165, 1.54) is 128 Å². The molecule has 0 spiro atoms. The standard InChI is InChI=1S/C75H126O6/c1-4-7-10-13-16-19-22-25-28-30-32-34-35-36-37-38-39-41-42-44-47-50-53-56-59-62-65-68-74(77)80-71-72(70-79-73(76)67-64-61-58-55-52-49-46-27-24-21-18-15-12-9-6-3)81-75(78)69-66-63-60-57-54-51-48-45-43-40-33-31-29-26-23-20-17-14-11-8-5-2/h8,11,17-18,20-22,25-27,29-30,32-33,35-36,40,45-46,48,72H,4-7,9-10,12-16,19,23-24,28,31,34,37-39,41-44,47,49-71H2,1-3H3/b11-8-,20-17-,21-18-,25-22-,29-26-,32-30-,36-35-,40-33-,46-27-,48-45-. The Morgan fingerprint density at radius 2 is 0.481 bits per heavy atom. The number of unbranched alkanes of at least 4 members (excludes halogenated alkanes) is 30. The SMILES string of the molecule is CC/C=C\C/C=C\C/C=C\C/C=C\C/C=C\CCCCCCCC(=O)OC(COC(=O)CCCCCCC/C=C\C/C=C\CCCCC)COC(=O)CCCCCCCCCCCCCC/C=C\C/C=C\C/C=C\CCCCCCC. The Balaban J connectivity index is 4.38. The van der Waals surface area contributed by atoms with Crippen LogP contribution in [0.2, 0.25) is 0 Å². The van der Waals surface area contributed by atoms with Gasteiger partial charge in [0.1, 0.15) is 13.2 Å². The lowest BCUT2D eigenvalue weighted by atomic mass is 10.0. The zero-order valence-electron chi connectivity index (χ0n) is 53.0. The molecule has 0 fully saturated rings. The Kier molecular flexibility index (Phi) is 64.8. The lowest BCUT2D eigenvalue weighted by Gasteiger charge is -2.18. The van der Waals surface area contributed by atoms with Crippen molar-refractivity contribution in [3.8, 4) is 0 Å². The molecule has 0 aliphatic carbocycles. The number of carbonyl (C=O) groups is 3. The Morgan fingerprint density at radius 1 is 0.259 bits per heavy atom. The normalized spacial score (nSPS) is 12.9. The predicted octanol–water partition coefficient (Wildman–Crippen LogP) is 23.6. The Morgan fingerprint density at radius 3 is 0.778 bits per heavy atom. The molecule has 6 nitrogen and oxygen atoms in total. The van der Waals surface area contributed by atoms with Crippen LogP contribution in [-0.4, -0.2) is 37.2 Å². The van der Waals surface area contributed by atoms with Crippen LogP contribution >= 0.6 is 0 Å². The van der Waals surface area contributed by atoms with Crippen LogP contribution in [0.1, 0.15) is 316 Å². The number of ether oxygens (including phenoxy) is 3. The fourth-order valence-corrected chi connectivity index (χ4v) is 9.33. The molecule has 1 atom stereocenters. The van der Waals surface area contributed by atoms with Gasteiger partial charge in [0.2, 0.25) is 0 Å². The molecule has 1 unspecified atom stereocenters. The van der Waals surface area contributed by atoms with Crippen LogP contribution in [0.15, 0.2) is 122 Å². The van der Waals surface area contributed by atoms with Crippen LogP contribution in [-0.2, 0) is 28.6 Å². The van der Waals surface area contributed by atoms with Gasteiger partial charge >= 0.3 is 17.9 Å². The van der Waals surface area contributed by atoms with Crippen molar-refractivity contribution in [2.24, 2.45) is 0 Å². The van der Waals surface area contributed by atoms with Crippen LogP contribution in [0.5, 0.6) is 0 Å². The molecule has 81 heavy (non-hydrogen) atoms. The summed E-state index contributed by atoms with van der Waals surface area (Å²) in [6.45, 7) is 6.48. The summed E-state index contributed by atoms with van der Waals surface area (Å²) in [4.78, 5) is 38.4. The van der Waals surface area contributed by atoms with Gasteiger partial charge in [-0.05, 0) is 135 Å². The molecule has 0 aliphatic heterocycles. The van der Waals surface area contributed by atoms with Gasteiger partial charge in [0, 0.05) is 19.3 Å². The molecule has 0 rings (SSSR count). The first-order valence-corrected chi connectivity index (χ1v) is 34.0. The lowest BCUT2D eigenvalue weighted by molar-refractivity contribution is -0.167. The van der Waals surface area contributed by atoms with Crippen molar-refractivity contribution in [3.63, 3.8) is 0 Å². The molecule has 0 aromatic carbocycles. The number of allylic oxidation sites excluding steroid dienone is 20. The van der Waals surface area contributed by atoms with E-state index in [1.807, 2.05) is 0 Å². The van der Waals surface area contributed by atoms with E-state index in [0.717, 1.165) is 148 Å². The zero-order valence-corrected chi connectivity index (χ0v) is 53.0. The van der Waals surface area contributed by atoms with Gasteiger partial charge in [0.25, 0.3) is 0 Å². The average molecular weight is 1120 g/mol. The van der Waals surface area contributed by atoms with Crippen LogP contribution in [0.3, 0.4) is 0 Å². The highest BCUT2D eigenvalue weighted by Gasteiger charge is 2.19. The zero-order chi connectivity index (χ0) is 58.5. The number of esters is 3. The maximum atomic E-state index is 12.9. The van der Waals surface area contributed by atoms with Gasteiger partial charge in [-0.2, -0.15) is 0 Å². The van der Waals surface area contributed by atoms with Gasteiger partial charge in [-0.25, -0.2) is 0 Å². The number of hydrogen-bond acceptors (Lipinski definition) is 6. The molecule has 0 N–H and O–H groups in total. The van der Waals surface area contributed by atoms with E-state index in [1.54, 1.807) is 0 Å². The molecule has 6 heteroatoms. The monoisotopic (exact) mass is 1120 g/mol. The van der Waals surface area contributed by atoms with Crippen LogP contribution in [0, 0.1) is 0 Å². The minimum Gasteiger partial charge on any atom is -0.462 e. The van der Waals surface area contributed by atoms with Gasteiger partial charge < -0.3 is 14.2 Å². The van der Waals surface area contributed by atoms with Crippen molar-refractivity contribution in [2.45, 2.75) is 322 Å². The topological polar surface area (TPSA) is 78.9 Å². The maximum Gasteiger partial charge on any atom is 0.306 e. The van der Waals surface area contributed by atoms with Gasteiger partial charge in [0.05, 0.1) is 0 Å². The predicted molar refractivity (Wildman–Crippen MR) is 353 cm³/mol. The smallest absolute Gasteiger partial charge is 0.306 e. The van der Waals surface area contributed by atoms with Gasteiger partial charge in [0.15, 0.2) is 6.10 Å². The molecule has 0 bridgehead atoms. The molecular weight excluding hydrogens is 997 g/mol. The van der Waals surface area contributed by atoms with Crippen LogP contribution in [0.25, 0.3) is 0 Å². The molecule has 0 radical (unpaired) electrons. The minimum absolute atomic E-state index is 0.0932. The lowest BCUT2D eigenvalue weighted by Crippen LogP contribution is -2.30. The summed E-state index contributed by atoms with van der Waals surface area (Å²) in [5.41, 5.74) is 0. The molecule has 0 aliphatic rings.